The van der Waals surface area contributed by atoms with Crippen molar-refractivity contribution in [2.75, 3.05) is 14.2 Å². The molecular formula is C18H18O3. The van der Waals surface area contributed by atoms with E-state index in [0.717, 1.165) is 22.4 Å². The van der Waals surface area contributed by atoms with E-state index in [0.29, 0.717) is 5.56 Å². The van der Waals surface area contributed by atoms with Gasteiger partial charge in [0.15, 0.2) is 0 Å². The molecule has 0 bridgehead atoms. The van der Waals surface area contributed by atoms with E-state index >= 15 is 0 Å². The third kappa shape index (κ3) is 3.72. The van der Waals surface area contributed by atoms with Gasteiger partial charge in [-0.15, -0.1) is 0 Å². The first-order chi connectivity index (χ1) is 10.1. The molecule has 0 heterocycles. The van der Waals surface area contributed by atoms with Gasteiger partial charge in [0.1, 0.15) is 5.75 Å². The zero-order valence-electron chi connectivity index (χ0n) is 12.4. The summed E-state index contributed by atoms with van der Waals surface area (Å²) in [7, 11) is 3.04. The summed E-state index contributed by atoms with van der Waals surface area (Å²) >= 11 is 0. The number of benzene rings is 2. The van der Waals surface area contributed by atoms with Crippen molar-refractivity contribution in [1.82, 2.24) is 0 Å². The lowest BCUT2D eigenvalue weighted by Crippen LogP contribution is -2.00. The van der Waals surface area contributed by atoms with Gasteiger partial charge < -0.3 is 9.47 Å². The van der Waals surface area contributed by atoms with Crippen LogP contribution in [-0.2, 0) is 4.74 Å². The molecule has 0 saturated heterocycles. The van der Waals surface area contributed by atoms with Crippen LogP contribution in [0.2, 0.25) is 0 Å². The van der Waals surface area contributed by atoms with E-state index in [2.05, 4.69) is 0 Å². The van der Waals surface area contributed by atoms with Crippen LogP contribution < -0.4 is 4.74 Å². The fourth-order valence-electron chi connectivity index (χ4n) is 2.04. The zero-order valence-corrected chi connectivity index (χ0v) is 12.4. The third-order valence-electron chi connectivity index (χ3n) is 3.24. The highest BCUT2D eigenvalue weighted by Gasteiger charge is 2.04. The SMILES string of the molecule is COC(=O)c1cccc(/C=C\c2ccc(OC)cc2C)c1. The van der Waals surface area contributed by atoms with Gasteiger partial charge in [-0.2, -0.15) is 0 Å². The molecule has 108 valence electrons. The first-order valence-electron chi connectivity index (χ1n) is 6.65. The second-order valence-electron chi connectivity index (χ2n) is 4.67. The predicted molar refractivity (Wildman–Crippen MR) is 84.4 cm³/mol. The van der Waals surface area contributed by atoms with Crippen LogP contribution in [0.4, 0.5) is 0 Å². The van der Waals surface area contributed by atoms with Gasteiger partial charge in [-0.3, -0.25) is 0 Å². The smallest absolute Gasteiger partial charge is 0.337 e. The standard InChI is InChI=1S/C18H18O3/c1-13-11-17(20-2)10-9-15(13)8-7-14-5-4-6-16(12-14)18(19)21-3/h4-12H,1-3H3/b8-7-. The van der Waals surface area contributed by atoms with E-state index in [1.807, 2.05) is 49.4 Å². The molecule has 0 unspecified atom stereocenters. The average molecular weight is 282 g/mol. The summed E-state index contributed by atoms with van der Waals surface area (Å²) in [5.41, 5.74) is 3.74. The summed E-state index contributed by atoms with van der Waals surface area (Å²) in [6.45, 7) is 2.03. The third-order valence-corrected chi connectivity index (χ3v) is 3.24. The van der Waals surface area contributed by atoms with Crippen molar-refractivity contribution in [3.8, 4) is 5.75 Å². The number of rotatable bonds is 4. The molecule has 2 rings (SSSR count). The fourth-order valence-corrected chi connectivity index (χ4v) is 2.04. The molecule has 0 amide bonds. The minimum absolute atomic E-state index is 0.328. The van der Waals surface area contributed by atoms with Crippen molar-refractivity contribution in [2.45, 2.75) is 6.92 Å². The lowest BCUT2D eigenvalue weighted by molar-refractivity contribution is 0.0600. The molecule has 2 aromatic rings. The summed E-state index contributed by atoms with van der Waals surface area (Å²) in [4.78, 5) is 11.5. The average Bonchev–Trinajstić information content (AvgIpc) is 2.53. The van der Waals surface area contributed by atoms with Crippen molar-refractivity contribution < 1.29 is 14.3 Å². The van der Waals surface area contributed by atoms with Gasteiger partial charge in [0.2, 0.25) is 0 Å². The molecular weight excluding hydrogens is 264 g/mol. The van der Waals surface area contributed by atoms with Crippen molar-refractivity contribution in [3.63, 3.8) is 0 Å². The van der Waals surface area contributed by atoms with E-state index in [1.165, 1.54) is 7.11 Å². The number of ether oxygens (including phenoxy) is 2. The van der Waals surface area contributed by atoms with Gasteiger partial charge >= 0.3 is 5.97 Å². The molecule has 0 spiro atoms. The van der Waals surface area contributed by atoms with Crippen LogP contribution in [0.3, 0.4) is 0 Å². The van der Waals surface area contributed by atoms with Crippen molar-refractivity contribution in [2.24, 2.45) is 0 Å². The van der Waals surface area contributed by atoms with E-state index in [-0.39, 0.29) is 5.97 Å². The molecule has 3 heteroatoms. The lowest BCUT2D eigenvalue weighted by Gasteiger charge is -2.04. The minimum atomic E-state index is -0.328. The van der Waals surface area contributed by atoms with Crippen molar-refractivity contribution in [1.29, 1.82) is 0 Å². The lowest BCUT2D eigenvalue weighted by atomic mass is 10.1. The molecule has 2 aromatic carbocycles. The molecule has 0 aliphatic carbocycles. The molecule has 0 radical (unpaired) electrons. The summed E-state index contributed by atoms with van der Waals surface area (Å²) in [6.07, 6.45) is 3.99. The number of methoxy groups -OCH3 is 2. The topological polar surface area (TPSA) is 35.5 Å². The summed E-state index contributed by atoms with van der Waals surface area (Å²) < 4.78 is 9.91. The Morgan fingerprint density at radius 3 is 2.52 bits per heavy atom. The Morgan fingerprint density at radius 2 is 1.86 bits per heavy atom. The Morgan fingerprint density at radius 1 is 1.05 bits per heavy atom. The Labute approximate surface area is 124 Å². The Hall–Kier alpha value is -2.55. The molecule has 0 atom stereocenters. The number of esters is 1. The molecule has 0 aliphatic heterocycles. The molecule has 0 N–H and O–H groups in total. The Bertz CT molecular complexity index is 672. The molecule has 0 aliphatic rings. The maximum Gasteiger partial charge on any atom is 0.337 e. The highest BCUT2D eigenvalue weighted by atomic mass is 16.5. The number of hydrogen-bond acceptors (Lipinski definition) is 3. The normalized spacial score (nSPS) is 10.6. The van der Waals surface area contributed by atoms with Gasteiger partial charge in [-0.05, 0) is 47.9 Å². The van der Waals surface area contributed by atoms with Crippen LogP contribution in [0.15, 0.2) is 42.5 Å². The molecule has 0 saturated carbocycles. The van der Waals surface area contributed by atoms with E-state index < -0.39 is 0 Å². The second kappa shape index (κ2) is 6.75. The molecule has 0 aromatic heterocycles. The maximum absolute atomic E-state index is 11.5. The van der Waals surface area contributed by atoms with Gasteiger partial charge in [0.05, 0.1) is 19.8 Å². The number of hydrogen-bond donors (Lipinski definition) is 0. The predicted octanol–water partition coefficient (Wildman–Crippen LogP) is 3.96. The number of carbonyl (C=O) groups excluding carboxylic acids is 1. The highest BCUT2D eigenvalue weighted by Crippen LogP contribution is 2.19. The van der Waals surface area contributed by atoms with E-state index in [9.17, 15) is 4.79 Å². The number of aryl methyl sites for hydroxylation is 1. The van der Waals surface area contributed by atoms with Crippen LogP contribution in [0.25, 0.3) is 12.2 Å². The molecule has 3 nitrogen and oxygen atoms in total. The summed E-state index contributed by atoms with van der Waals surface area (Å²) in [6, 6.07) is 13.3. The van der Waals surface area contributed by atoms with Gasteiger partial charge in [0.25, 0.3) is 0 Å². The largest absolute Gasteiger partial charge is 0.497 e. The first kappa shape index (κ1) is 14.9. The Balaban J connectivity index is 2.23. The quantitative estimate of drug-likeness (QED) is 0.629. The van der Waals surface area contributed by atoms with Crippen LogP contribution >= 0.6 is 0 Å². The van der Waals surface area contributed by atoms with Crippen molar-refractivity contribution >= 4 is 18.1 Å². The molecule has 0 fully saturated rings. The fraction of sp³-hybridized carbons (Fsp3) is 0.167. The van der Waals surface area contributed by atoms with Gasteiger partial charge in [-0.1, -0.05) is 30.4 Å². The summed E-state index contributed by atoms with van der Waals surface area (Å²) in [5, 5.41) is 0. The Kier molecular flexibility index (Phi) is 4.77. The number of carbonyl (C=O) groups is 1. The van der Waals surface area contributed by atoms with Crippen LogP contribution in [-0.4, -0.2) is 20.2 Å². The summed E-state index contributed by atoms with van der Waals surface area (Å²) in [5.74, 6) is 0.517. The minimum Gasteiger partial charge on any atom is -0.497 e. The second-order valence-corrected chi connectivity index (χ2v) is 4.67. The first-order valence-corrected chi connectivity index (χ1v) is 6.65. The monoisotopic (exact) mass is 282 g/mol. The zero-order chi connectivity index (χ0) is 15.2. The van der Waals surface area contributed by atoms with Gasteiger partial charge in [-0.25, -0.2) is 4.79 Å². The maximum atomic E-state index is 11.5. The van der Waals surface area contributed by atoms with Crippen molar-refractivity contribution in [3.05, 3.63) is 64.7 Å². The van der Waals surface area contributed by atoms with Crippen LogP contribution in [0.5, 0.6) is 5.75 Å². The van der Waals surface area contributed by atoms with E-state index in [4.69, 9.17) is 9.47 Å². The van der Waals surface area contributed by atoms with E-state index in [1.54, 1.807) is 19.2 Å². The van der Waals surface area contributed by atoms with Crippen LogP contribution in [0.1, 0.15) is 27.0 Å². The molecule has 21 heavy (non-hydrogen) atoms. The van der Waals surface area contributed by atoms with Crippen LogP contribution in [0, 0.1) is 6.92 Å². The van der Waals surface area contributed by atoms with Gasteiger partial charge in [0, 0.05) is 0 Å². The highest BCUT2D eigenvalue weighted by molar-refractivity contribution is 5.90.